The third-order valence-corrected chi connectivity index (χ3v) is 6.10. The van der Waals surface area contributed by atoms with Gasteiger partial charge in [-0.1, -0.05) is 6.07 Å². The smallest absolute Gasteiger partial charge is 0.212 e. The zero-order chi connectivity index (χ0) is 22.9. The van der Waals surface area contributed by atoms with Crippen molar-refractivity contribution in [3.8, 4) is 28.3 Å². The molecule has 33 heavy (non-hydrogen) atoms. The van der Waals surface area contributed by atoms with Gasteiger partial charge in [0.05, 0.1) is 30.3 Å². The Balaban J connectivity index is 1.57. The maximum atomic E-state index is 12.5. The molecule has 0 spiro atoms. The summed E-state index contributed by atoms with van der Waals surface area (Å²) >= 11 is 0. The van der Waals surface area contributed by atoms with Gasteiger partial charge in [-0.3, -0.25) is 9.78 Å². The van der Waals surface area contributed by atoms with Crippen LogP contribution in [-0.4, -0.2) is 50.5 Å². The number of Topliss-reactive ketones (excluding diaryl/α,β-unsaturated/α-hetero) is 1. The van der Waals surface area contributed by atoms with Crippen molar-refractivity contribution in [2.75, 3.05) is 25.9 Å². The van der Waals surface area contributed by atoms with E-state index in [-0.39, 0.29) is 11.7 Å². The molecule has 168 valence electrons. The fourth-order valence-electron chi connectivity index (χ4n) is 4.36. The Kier molecular flexibility index (Phi) is 5.47. The van der Waals surface area contributed by atoms with Crippen molar-refractivity contribution in [2.24, 2.45) is 0 Å². The molecule has 4 aromatic rings. The number of aromatic nitrogens is 5. The van der Waals surface area contributed by atoms with Gasteiger partial charge in [0.25, 0.3) is 0 Å². The van der Waals surface area contributed by atoms with Gasteiger partial charge < -0.3 is 15.8 Å². The number of nitrogens with zero attached hydrogens (tertiary/aromatic N) is 5. The highest BCUT2D eigenvalue weighted by atomic mass is 16.5. The second kappa shape index (κ2) is 8.59. The zero-order valence-corrected chi connectivity index (χ0v) is 18.6. The molecule has 1 aliphatic rings. The number of nitrogens with one attached hydrogen (secondary N) is 1. The number of nitrogens with two attached hydrogens (primary N) is 1. The van der Waals surface area contributed by atoms with Crippen LogP contribution in [0.4, 0.5) is 5.82 Å². The van der Waals surface area contributed by atoms with Gasteiger partial charge in [-0.2, -0.15) is 9.61 Å². The van der Waals surface area contributed by atoms with Crippen LogP contribution in [0.15, 0.2) is 42.9 Å². The summed E-state index contributed by atoms with van der Waals surface area (Å²) in [6.07, 6.45) is 7.07. The van der Waals surface area contributed by atoms with Gasteiger partial charge >= 0.3 is 0 Å². The van der Waals surface area contributed by atoms with Gasteiger partial charge in [-0.25, -0.2) is 9.97 Å². The second-order valence-electron chi connectivity index (χ2n) is 8.15. The number of hydrogen-bond acceptors (Lipinski definition) is 8. The van der Waals surface area contributed by atoms with Crippen molar-refractivity contribution in [1.29, 1.82) is 0 Å². The summed E-state index contributed by atoms with van der Waals surface area (Å²) < 4.78 is 6.67. The molecule has 0 amide bonds. The Morgan fingerprint density at radius 2 is 1.85 bits per heavy atom. The predicted molar refractivity (Wildman–Crippen MR) is 125 cm³/mol. The molecule has 5 rings (SSSR count). The molecule has 1 aliphatic heterocycles. The van der Waals surface area contributed by atoms with E-state index in [1.807, 2.05) is 18.2 Å². The first-order valence-corrected chi connectivity index (χ1v) is 10.9. The number of carbonyl (C=O) groups is 1. The molecule has 3 N–H and O–H groups in total. The van der Waals surface area contributed by atoms with Crippen LogP contribution < -0.4 is 15.8 Å². The first-order valence-electron chi connectivity index (χ1n) is 10.9. The van der Waals surface area contributed by atoms with Crippen molar-refractivity contribution in [3.05, 3.63) is 54.1 Å². The second-order valence-corrected chi connectivity index (χ2v) is 8.15. The van der Waals surface area contributed by atoms with Crippen LogP contribution in [0, 0.1) is 0 Å². The van der Waals surface area contributed by atoms with E-state index < -0.39 is 0 Å². The third-order valence-electron chi connectivity index (χ3n) is 6.10. The minimum absolute atomic E-state index is 0.0911. The molecular formula is C24H25N7O2. The molecule has 0 saturated carbocycles. The Hall–Kier alpha value is -3.85. The van der Waals surface area contributed by atoms with Crippen molar-refractivity contribution in [1.82, 2.24) is 29.9 Å². The van der Waals surface area contributed by atoms with E-state index >= 15 is 0 Å². The molecule has 0 radical (unpaired) electrons. The lowest BCUT2D eigenvalue weighted by Gasteiger charge is -2.24. The highest BCUT2D eigenvalue weighted by Gasteiger charge is 2.26. The number of piperidine rings is 1. The van der Waals surface area contributed by atoms with E-state index in [0.29, 0.717) is 22.9 Å². The lowest BCUT2D eigenvalue weighted by molar-refractivity contribution is 0.101. The summed E-state index contributed by atoms with van der Waals surface area (Å²) in [5, 5.41) is 7.80. The molecule has 9 heteroatoms. The molecule has 0 bridgehead atoms. The normalized spacial score (nSPS) is 14.5. The highest BCUT2D eigenvalue weighted by Crippen LogP contribution is 2.33. The molecule has 9 nitrogen and oxygen atoms in total. The molecule has 1 fully saturated rings. The number of nitrogen functional groups attached to an aromatic ring is 1. The van der Waals surface area contributed by atoms with Gasteiger partial charge in [0.15, 0.2) is 11.4 Å². The molecule has 1 saturated heterocycles. The van der Waals surface area contributed by atoms with E-state index in [1.165, 1.54) is 6.92 Å². The number of pyridine rings is 2. The molecule has 0 aromatic carbocycles. The lowest BCUT2D eigenvalue weighted by Crippen LogP contribution is -2.28. The SMILES string of the molecule is COc1ccc(-c2ccc(-c3cnn4c(N)c(C(C)=O)c(C5CCNCC5)nc34)cn2)cn1. The van der Waals surface area contributed by atoms with Crippen molar-refractivity contribution < 1.29 is 9.53 Å². The Morgan fingerprint density at radius 1 is 1.09 bits per heavy atom. The Morgan fingerprint density at radius 3 is 2.48 bits per heavy atom. The van der Waals surface area contributed by atoms with E-state index in [4.69, 9.17) is 15.5 Å². The van der Waals surface area contributed by atoms with Crippen LogP contribution in [0.3, 0.4) is 0 Å². The summed E-state index contributed by atoms with van der Waals surface area (Å²) in [7, 11) is 1.59. The third kappa shape index (κ3) is 3.80. The fourth-order valence-corrected chi connectivity index (χ4v) is 4.36. The number of rotatable bonds is 5. The van der Waals surface area contributed by atoms with E-state index in [2.05, 4.69) is 20.4 Å². The number of methoxy groups -OCH3 is 1. The average Bonchev–Trinajstić information content (AvgIpc) is 3.29. The number of carbonyl (C=O) groups excluding carboxylic acids is 1. The van der Waals surface area contributed by atoms with Gasteiger partial charge in [0, 0.05) is 41.1 Å². The Labute approximate surface area is 191 Å². The Bertz CT molecular complexity index is 1310. The first-order chi connectivity index (χ1) is 16.1. The summed E-state index contributed by atoms with van der Waals surface area (Å²) in [6.45, 7) is 3.32. The summed E-state index contributed by atoms with van der Waals surface area (Å²) in [5.41, 5.74) is 11.7. The van der Waals surface area contributed by atoms with Crippen molar-refractivity contribution in [3.63, 3.8) is 0 Å². The van der Waals surface area contributed by atoms with Crippen LogP contribution in [0.1, 0.15) is 41.7 Å². The van der Waals surface area contributed by atoms with Gasteiger partial charge in [0.2, 0.25) is 5.88 Å². The molecule has 0 aliphatic carbocycles. The van der Waals surface area contributed by atoms with Gasteiger partial charge in [0.1, 0.15) is 5.82 Å². The predicted octanol–water partition coefficient (Wildman–Crippen LogP) is 3.11. The van der Waals surface area contributed by atoms with Gasteiger partial charge in [-0.15, -0.1) is 0 Å². The maximum Gasteiger partial charge on any atom is 0.212 e. The van der Waals surface area contributed by atoms with Crippen LogP contribution in [0.25, 0.3) is 28.0 Å². The number of ketones is 1. The largest absolute Gasteiger partial charge is 0.481 e. The number of ether oxygens (including phenoxy) is 1. The highest BCUT2D eigenvalue weighted by molar-refractivity contribution is 6.00. The maximum absolute atomic E-state index is 12.5. The van der Waals surface area contributed by atoms with Gasteiger partial charge in [-0.05, 0) is 45.0 Å². The number of fused-ring (bicyclic) bond motifs is 1. The minimum Gasteiger partial charge on any atom is -0.481 e. The van der Waals surface area contributed by atoms with Crippen LogP contribution in [0.2, 0.25) is 0 Å². The molecule has 0 atom stereocenters. The van der Waals surface area contributed by atoms with E-state index in [9.17, 15) is 4.79 Å². The van der Waals surface area contributed by atoms with Crippen LogP contribution >= 0.6 is 0 Å². The quantitative estimate of drug-likeness (QED) is 0.452. The lowest BCUT2D eigenvalue weighted by atomic mass is 9.90. The van der Waals surface area contributed by atoms with Crippen LogP contribution in [0.5, 0.6) is 5.88 Å². The number of anilines is 1. The summed E-state index contributed by atoms with van der Waals surface area (Å²) in [5.74, 6) is 0.982. The van der Waals surface area contributed by atoms with Crippen LogP contribution in [-0.2, 0) is 0 Å². The molecule has 4 aromatic heterocycles. The van der Waals surface area contributed by atoms with Crippen molar-refractivity contribution in [2.45, 2.75) is 25.7 Å². The molecular weight excluding hydrogens is 418 g/mol. The van der Waals surface area contributed by atoms with E-state index in [0.717, 1.165) is 54.0 Å². The molecule has 5 heterocycles. The first kappa shape index (κ1) is 21.0. The summed E-state index contributed by atoms with van der Waals surface area (Å²) in [4.78, 5) is 26.3. The topological polar surface area (TPSA) is 120 Å². The fraction of sp³-hybridized carbons (Fsp3) is 0.292. The number of hydrogen-bond donors (Lipinski definition) is 2. The molecule has 0 unspecified atom stereocenters. The zero-order valence-electron chi connectivity index (χ0n) is 18.6. The average molecular weight is 444 g/mol. The monoisotopic (exact) mass is 443 g/mol. The minimum atomic E-state index is -0.0911. The standard InChI is InChI=1S/C24H25N7O2/c1-14(32)21-22(15-7-9-26-10-8-15)30-24-18(13-29-31(24)23(21)25)16-3-5-19(27-11-16)17-4-6-20(33-2)28-12-17/h3-6,11-13,15,26H,7-10,25H2,1-2H3. The van der Waals surface area contributed by atoms with E-state index in [1.54, 1.807) is 36.3 Å². The van der Waals surface area contributed by atoms with Crippen molar-refractivity contribution >= 4 is 17.2 Å². The summed E-state index contributed by atoms with van der Waals surface area (Å²) in [6, 6.07) is 7.63.